The van der Waals surface area contributed by atoms with Gasteiger partial charge in [-0.15, -0.1) is 11.3 Å². The van der Waals surface area contributed by atoms with E-state index in [1.165, 1.54) is 24.3 Å². The number of rotatable bonds is 7. The van der Waals surface area contributed by atoms with E-state index in [1.54, 1.807) is 38.3 Å². The van der Waals surface area contributed by atoms with Gasteiger partial charge < -0.3 is 10.1 Å². The molecule has 0 aliphatic rings. The maximum absolute atomic E-state index is 12.4. The number of amides is 2. The smallest absolute Gasteiger partial charge is 0.253 e. The third-order valence-electron chi connectivity index (χ3n) is 4.38. The van der Waals surface area contributed by atoms with Crippen molar-refractivity contribution in [1.29, 1.82) is 0 Å². The summed E-state index contributed by atoms with van der Waals surface area (Å²) in [5.41, 5.74) is 2.96. The predicted octanol–water partition coefficient (Wildman–Crippen LogP) is 4.54. The van der Waals surface area contributed by atoms with Crippen LogP contribution in [0, 0.1) is 0 Å². The number of benzene rings is 2. The molecule has 0 aliphatic carbocycles. The van der Waals surface area contributed by atoms with Crippen molar-refractivity contribution in [2.24, 2.45) is 0 Å². The summed E-state index contributed by atoms with van der Waals surface area (Å²) in [7, 11) is 1.60. The van der Waals surface area contributed by atoms with Gasteiger partial charge in [-0.1, -0.05) is 0 Å². The van der Waals surface area contributed by atoms with E-state index in [0.717, 1.165) is 17.0 Å². The van der Waals surface area contributed by atoms with Crippen molar-refractivity contribution in [1.82, 2.24) is 4.98 Å². The maximum atomic E-state index is 12.4. The number of carbonyl (C=O) groups is 3. The first-order valence-corrected chi connectivity index (χ1v) is 10.3. The Bertz CT molecular complexity index is 1130. The molecule has 0 fully saturated rings. The topological polar surface area (TPSA) is 97.4 Å². The fraction of sp³-hybridized carbons (Fsp3) is 0.130. The van der Waals surface area contributed by atoms with Crippen LogP contribution >= 0.6 is 11.3 Å². The normalized spacial score (nSPS) is 11.0. The minimum Gasteiger partial charge on any atom is -0.497 e. The zero-order valence-electron chi connectivity index (χ0n) is 17.3. The van der Waals surface area contributed by atoms with Gasteiger partial charge in [0.1, 0.15) is 5.75 Å². The number of nitrogens with zero attached hydrogens (tertiary/aromatic N) is 1. The molecule has 2 aromatic carbocycles. The van der Waals surface area contributed by atoms with Crippen LogP contribution in [0.5, 0.6) is 5.75 Å². The van der Waals surface area contributed by atoms with Crippen LogP contribution in [0.25, 0.3) is 11.3 Å². The van der Waals surface area contributed by atoms with Crippen molar-refractivity contribution in [3.8, 4) is 17.0 Å². The summed E-state index contributed by atoms with van der Waals surface area (Å²) in [6.45, 7) is 3.02. The lowest BCUT2D eigenvalue weighted by atomic mass is 10.1. The molecule has 7 nitrogen and oxygen atoms in total. The van der Waals surface area contributed by atoms with Gasteiger partial charge in [-0.25, -0.2) is 4.98 Å². The van der Waals surface area contributed by atoms with E-state index < -0.39 is 11.8 Å². The molecule has 0 saturated carbocycles. The molecule has 0 radical (unpaired) electrons. The van der Waals surface area contributed by atoms with Crippen LogP contribution in [0.15, 0.2) is 65.6 Å². The molecule has 1 heterocycles. The van der Waals surface area contributed by atoms with E-state index in [4.69, 9.17) is 4.74 Å². The second kappa shape index (κ2) is 9.82. The molecule has 0 atom stereocenters. The molecule has 1 aromatic heterocycles. The molecule has 158 valence electrons. The van der Waals surface area contributed by atoms with E-state index in [2.05, 4.69) is 15.6 Å². The highest BCUT2D eigenvalue weighted by atomic mass is 32.1. The molecule has 2 N–H and O–H groups in total. The van der Waals surface area contributed by atoms with Crippen LogP contribution in [0.3, 0.4) is 0 Å². The van der Waals surface area contributed by atoms with Crippen LogP contribution in [0.1, 0.15) is 24.2 Å². The van der Waals surface area contributed by atoms with Gasteiger partial charge >= 0.3 is 0 Å². The average molecular weight is 436 g/mol. The zero-order valence-corrected chi connectivity index (χ0v) is 18.1. The highest BCUT2D eigenvalue weighted by Crippen LogP contribution is 2.26. The van der Waals surface area contributed by atoms with Crippen molar-refractivity contribution in [2.75, 3.05) is 17.7 Å². The summed E-state index contributed by atoms with van der Waals surface area (Å²) in [6.07, 6.45) is 1.21. The van der Waals surface area contributed by atoms with Crippen LogP contribution in [-0.4, -0.2) is 29.7 Å². The maximum Gasteiger partial charge on any atom is 0.253 e. The molecule has 0 saturated heterocycles. The van der Waals surface area contributed by atoms with Crippen LogP contribution in [0.4, 0.5) is 10.8 Å². The van der Waals surface area contributed by atoms with Gasteiger partial charge in [-0.05, 0) is 62.4 Å². The largest absolute Gasteiger partial charge is 0.497 e. The van der Waals surface area contributed by atoms with Crippen LogP contribution in [-0.2, 0) is 9.59 Å². The van der Waals surface area contributed by atoms with E-state index in [0.29, 0.717) is 16.4 Å². The SMILES string of the molecule is COc1ccc(-c2csc(NC(=O)/C(C)=C\C(=O)Nc3ccc(C(C)=O)cc3)n2)cc1. The number of hydrogen-bond donors (Lipinski definition) is 2. The van der Waals surface area contributed by atoms with E-state index in [-0.39, 0.29) is 11.4 Å². The van der Waals surface area contributed by atoms with Crippen LogP contribution < -0.4 is 15.4 Å². The van der Waals surface area contributed by atoms with Gasteiger partial charge in [0.15, 0.2) is 10.9 Å². The number of methoxy groups -OCH3 is 1. The van der Waals surface area contributed by atoms with Gasteiger partial charge in [-0.3, -0.25) is 19.7 Å². The van der Waals surface area contributed by atoms with Crippen molar-refractivity contribution in [3.05, 3.63) is 71.1 Å². The van der Waals surface area contributed by atoms with E-state index in [9.17, 15) is 14.4 Å². The summed E-state index contributed by atoms with van der Waals surface area (Å²) >= 11 is 1.30. The number of thiazole rings is 1. The Kier molecular flexibility index (Phi) is 6.94. The second-order valence-corrected chi connectivity index (χ2v) is 7.53. The van der Waals surface area contributed by atoms with E-state index >= 15 is 0 Å². The number of Topliss-reactive ketones (excluding diaryl/α,β-unsaturated/α-hetero) is 1. The Labute approximate surface area is 183 Å². The van der Waals surface area contributed by atoms with Crippen molar-refractivity contribution >= 4 is 39.8 Å². The molecule has 0 unspecified atom stereocenters. The Morgan fingerprint density at radius 1 is 0.968 bits per heavy atom. The number of ketones is 1. The number of aromatic nitrogens is 1. The monoisotopic (exact) mass is 435 g/mol. The quantitative estimate of drug-likeness (QED) is 0.419. The summed E-state index contributed by atoms with van der Waals surface area (Å²) < 4.78 is 5.15. The first-order chi connectivity index (χ1) is 14.9. The highest BCUT2D eigenvalue weighted by molar-refractivity contribution is 7.14. The summed E-state index contributed by atoms with van der Waals surface area (Å²) in [5, 5.41) is 7.64. The van der Waals surface area contributed by atoms with Gasteiger partial charge in [0, 0.05) is 33.8 Å². The number of hydrogen-bond acceptors (Lipinski definition) is 6. The lowest BCUT2D eigenvalue weighted by Crippen LogP contribution is -2.16. The Hall–Kier alpha value is -3.78. The number of anilines is 2. The summed E-state index contributed by atoms with van der Waals surface area (Å²) in [5.74, 6) is -0.164. The molecule has 0 spiro atoms. The molecule has 3 rings (SSSR count). The van der Waals surface area contributed by atoms with Crippen molar-refractivity contribution in [2.45, 2.75) is 13.8 Å². The fourth-order valence-electron chi connectivity index (χ4n) is 2.65. The summed E-state index contributed by atoms with van der Waals surface area (Å²) in [4.78, 5) is 40.3. The Morgan fingerprint density at radius 3 is 2.26 bits per heavy atom. The lowest BCUT2D eigenvalue weighted by Gasteiger charge is -2.05. The minimum atomic E-state index is -0.443. The van der Waals surface area contributed by atoms with Gasteiger partial charge in [0.05, 0.1) is 12.8 Å². The average Bonchev–Trinajstić information content (AvgIpc) is 3.22. The Morgan fingerprint density at radius 2 is 1.65 bits per heavy atom. The van der Waals surface area contributed by atoms with Gasteiger partial charge in [-0.2, -0.15) is 0 Å². The van der Waals surface area contributed by atoms with Crippen molar-refractivity contribution < 1.29 is 19.1 Å². The predicted molar refractivity (Wildman–Crippen MR) is 122 cm³/mol. The standard InChI is InChI=1S/C23H21N3O4S/c1-14(12-21(28)24-18-8-4-16(5-9-18)15(2)27)22(29)26-23-25-20(13-31-23)17-6-10-19(30-3)11-7-17/h4-13H,1-3H3,(H,24,28)(H,25,26,29)/b14-12-. The molecule has 8 heteroatoms. The molecule has 2 amide bonds. The third kappa shape index (κ3) is 5.86. The fourth-order valence-corrected chi connectivity index (χ4v) is 3.36. The molecule has 31 heavy (non-hydrogen) atoms. The third-order valence-corrected chi connectivity index (χ3v) is 5.13. The van der Waals surface area contributed by atoms with Gasteiger partial charge in [0.25, 0.3) is 5.91 Å². The first kappa shape index (κ1) is 21.9. The molecule has 3 aromatic rings. The highest BCUT2D eigenvalue weighted by Gasteiger charge is 2.11. The zero-order chi connectivity index (χ0) is 22.4. The molecule has 0 aliphatic heterocycles. The molecular weight excluding hydrogens is 414 g/mol. The lowest BCUT2D eigenvalue weighted by molar-refractivity contribution is -0.114. The number of ether oxygens (including phenoxy) is 1. The number of carbonyl (C=O) groups excluding carboxylic acids is 3. The van der Waals surface area contributed by atoms with E-state index in [1.807, 2.05) is 29.6 Å². The molecule has 0 bridgehead atoms. The summed E-state index contributed by atoms with van der Waals surface area (Å²) in [6, 6.07) is 14.0. The molecular formula is C23H21N3O4S. The van der Waals surface area contributed by atoms with Crippen molar-refractivity contribution in [3.63, 3.8) is 0 Å². The van der Waals surface area contributed by atoms with Crippen LogP contribution in [0.2, 0.25) is 0 Å². The second-order valence-electron chi connectivity index (χ2n) is 6.67. The minimum absolute atomic E-state index is 0.0531. The first-order valence-electron chi connectivity index (χ1n) is 9.37. The van der Waals surface area contributed by atoms with Gasteiger partial charge in [0.2, 0.25) is 5.91 Å². The number of nitrogens with one attached hydrogen (secondary N) is 2. The Balaban J connectivity index is 1.60.